The van der Waals surface area contributed by atoms with Crippen LogP contribution >= 0.6 is 11.6 Å². The van der Waals surface area contributed by atoms with Crippen LogP contribution in [0.2, 0.25) is 5.02 Å². The monoisotopic (exact) mass is 301 g/mol. The van der Waals surface area contributed by atoms with Crippen LogP contribution < -0.4 is 10.1 Å². The summed E-state index contributed by atoms with van der Waals surface area (Å²) >= 11 is 6.00. The van der Waals surface area contributed by atoms with Crippen LogP contribution in [0.15, 0.2) is 48.5 Å². The van der Waals surface area contributed by atoms with Crippen molar-refractivity contribution < 1.29 is 4.74 Å². The number of ether oxygens (including phenoxy) is 1. The first-order valence-electron chi connectivity index (χ1n) is 7.37. The molecule has 3 rings (SSSR count). The van der Waals surface area contributed by atoms with Gasteiger partial charge in [0.1, 0.15) is 5.75 Å². The number of hydrogen-bond donors (Lipinski definition) is 1. The Hall–Kier alpha value is -1.51. The van der Waals surface area contributed by atoms with Gasteiger partial charge in [0.05, 0.1) is 7.11 Å². The van der Waals surface area contributed by atoms with Crippen molar-refractivity contribution in [2.24, 2.45) is 0 Å². The average Bonchev–Trinajstić information content (AvgIpc) is 2.46. The third-order valence-electron chi connectivity index (χ3n) is 4.20. The van der Waals surface area contributed by atoms with E-state index in [1.54, 1.807) is 7.11 Å². The molecule has 21 heavy (non-hydrogen) atoms. The van der Waals surface area contributed by atoms with Gasteiger partial charge in [0, 0.05) is 17.6 Å². The highest BCUT2D eigenvalue weighted by molar-refractivity contribution is 6.30. The number of benzene rings is 2. The Kier molecular flexibility index (Phi) is 4.47. The van der Waals surface area contributed by atoms with E-state index in [0.29, 0.717) is 12.0 Å². The van der Waals surface area contributed by atoms with Crippen molar-refractivity contribution >= 4 is 11.6 Å². The van der Waals surface area contributed by atoms with E-state index in [9.17, 15) is 0 Å². The Labute approximate surface area is 131 Å². The molecule has 0 radical (unpaired) electrons. The van der Waals surface area contributed by atoms with E-state index in [0.717, 1.165) is 17.3 Å². The van der Waals surface area contributed by atoms with Crippen molar-refractivity contribution in [1.29, 1.82) is 0 Å². The van der Waals surface area contributed by atoms with Crippen molar-refractivity contribution in [3.8, 4) is 5.75 Å². The molecule has 110 valence electrons. The van der Waals surface area contributed by atoms with Crippen LogP contribution in [0.25, 0.3) is 0 Å². The molecule has 0 heterocycles. The molecular formula is C18H20ClNO. The van der Waals surface area contributed by atoms with Crippen LogP contribution in [-0.2, 0) is 6.54 Å². The van der Waals surface area contributed by atoms with Crippen molar-refractivity contribution in [2.45, 2.75) is 31.3 Å². The van der Waals surface area contributed by atoms with Crippen LogP contribution in [0.5, 0.6) is 5.75 Å². The van der Waals surface area contributed by atoms with Gasteiger partial charge >= 0.3 is 0 Å². The molecule has 1 aliphatic rings. The minimum absolute atomic E-state index is 0.582. The fraction of sp³-hybridized carbons (Fsp3) is 0.333. The van der Waals surface area contributed by atoms with Gasteiger partial charge in [-0.25, -0.2) is 0 Å². The number of para-hydroxylation sites is 1. The Morgan fingerprint density at radius 1 is 1.14 bits per heavy atom. The molecule has 1 N–H and O–H groups in total. The zero-order valence-corrected chi connectivity index (χ0v) is 12.9. The summed E-state index contributed by atoms with van der Waals surface area (Å²) < 4.78 is 5.44. The Morgan fingerprint density at radius 3 is 2.71 bits per heavy atom. The molecule has 0 bridgehead atoms. The standard InChI is InChI=1S/C18H20ClNO/c1-21-18-8-3-2-7-17(18)14-10-16(11-14)20-12-13-5-4-6-15(19)9-13/h2-9,14,16,20H,10-12H2,1H3. The molecule has 1 aliphatic carbocycles. The first kappa shape index (κ1) is 14.4. The molecule has 0 amide bonds. The molecule has 2 aromatic carbocycles. The summed E-state index contributed by atoms with van der Waals surface area (Å²) in [5, 5.41) is 4.40. The van der Waals surface area contributed by atoms with E-state index < -0.39 is 0 Å². The van der Waals surface area contributed by atoms with E-state index in [2.05, 4.69) is 23.5 Å². The van der Waals surface area contributed by atoms with E-state index in [1.165, 1.54) is 24.0 Å². The van der Waals surface area contributed by atoms with Gasteiger partial charge in [0.15, 0.2) is 0 Å². The number of methoxy groups -OCH3 is 1. The van der Waals surface area contributed by atoms with E-state index in [1.807, 2.05) is 30.3 Å². The molecule has 0 unspecified atom stereocenters. The largest absolute Gasteiger partial charge is 0.496 e. The van der Waals surface area contributed by atoms with Gasteiger partial charge in [-0.15, -0.1) is 0 Å². The smallest absolute Gasteiger partial charge is 0.122 e. The van der Waals surface area contributed by atoms with Crippen molar-refractivity contribution in [3.63, 3.8) is 0 Å². The van der Waals surface area contributed by atoms with Gasteiger partial charge in [-0.3, -0.25) is 0 Å². The molecule has 1 saturated carbocycles. The van der Waals surface area contributed by atoms with Crippen molar-refractivity contribution in [3.05, 3.63) is 64.7 Å². The summed E-state index contributed by atoms with van der Waals surface area (Å²) in [6.07, 6.45) is 2.34. The second kappa shape index (κ2) is 6.50. The zero-order valence-electron chi connectivity index (χ0n) is 12.2. The second-order valence-corrected chi connectivity index (χ2v) is 6.05. The molecule has 0 aliphatic heterocycles. The van der Waals surface area contributed by atoms with Gasteiger partial charge in [-0.05, 0) is 48.1 Å². The molecule has 2 nitrogen and oxygen atoms in total. The summed E-state index contributed by atoms with van der Waals surface area (Å²) in [6.45, 7) is 0.879. The summed E-state index contributed by atoms with van der Waals surface area (Å²) in [5.74, 6) is 1.62. The molecule has 3 heteroatoms. The third kappa shape index (κ3) is 3.39. The molecule has 0 aromatic heterocycles. The maximum atomic E-state index is 6.00. The normalized spacial score (nSPS) is 20.9. The summed E-state index contributed by atoms with van der Waals surface area (Å²) in [5.41, 5.74) is 2.57. The lowest BCUT2D eigenvalue weighted by Crippen LogP contribution is -2.39. The number of nitrogens with one attached hydrogen (secondary N) is 1. The van der Waals surface area contributed by atoms with Crippen LogP contribution in [0, 0.1) is 0 Å². The number of rotatable bonds is 5. The maximum Gasteiger partial charge on any atom is 0.122 e. The van der Waals surface area contributed by atoms with Crippen LogP contribution in [0.4, 0.5) is 0 Å². The lowest BCUT2D eigenvalue weighted by molar-refractivity contribution is 0.282. The Morgan fingerprint density at radius 2 is 1.95 bits per heavy atom. The van der Waals surface area contributed by atoms with E-state index in [4.69, 9.17) is 16.3 Å². The molecular weight excluding hydrogens is 282 g/mol. The van der Waals surface area contributed by atoms with E-state index in [-0.39, 0.29) is 0 Å². The molecule has 2 aromatic rings. The lowest BCUT2D eigenvalue weighted by atomic mass is 9.75. The van der Waals surface area contributed by atoms with Gasteiger partial charge in [0.25, 0.3) is 0 Å². The van der Waals surface area contributed by atoms with E-state index >= 15 is 0 Å². The highest BCUT2D eigenvalue weighted by Crippen LogP contribution is 2.40. The fourth-order valence-electron chi connectivity index (χ4n) is 2.95. The number of halogens is 1. The second-order valence-electron chi connectivity index (χ2n) is 5.62. The number of hydrogen-bond acceptors (Lipinski definition) is 2. The van der Waals surface area contributed by atoms with Gasteiger partial charge in [-0.2, -0.15) is 0 Å². The molecule has 1 fully saturated rings. The average molecular weight is 302 g/mol. The maximum absolute atomic E-state index is 6.00. The Balaban J connectivity index is 1.52. The Bertz CT molecular complexity index is 608. The van der Waals surface area contributed by atoms with Gasteiger partial charge in [-0.1, -0.05) is 41.9 Å². The summed E-state index contributed by atoms with van der Waals surface area (Å²) in [4.78, 5) is 0. The quantitative estimate of drug-likeness (QED) is 0.884. The van der Waals surface area contributed by atoms with Crippen molar-refractivity contribution in [2.75, 3.05) is 7.11 Å². The molecule has 0 saturated heterocycles. The first-order valence-corrected chi connectivity index (χ1v) is 7.75. The predicted molar refractivity (Wildman–Crippen MR) is 87.0 cm³/mol. The predicted octanol–water partition coefficient (Wildman–Crippen LogP) is 4.38. The minimum atomic E-state index is 0.582. The highest BCUT2D eigenvalue weighted by Gasteiger charge is 2.31. The lowest BCUT2D eigenvalue weighted by Gasteiger charge is -2.37. The van der Waals surface area contributed by atoms with Crippen LogP contribution in [-0.4, -0.2) is 13.2 Å². The topological polar surface area (TPSA) is 21.3 Å². The van der Waals surface area contributed by atoms with Gasteiger partial charge < -0.3 is 10.1 Å². The van der Waals surface area contributed by atoms with Crippen LogP contribution in [0.3, 0.4) is 0 Å². The first-order chi connectivity index (χ1) is 10.3. The molecule has 0 atom stereocenters. The fourth-order valence-corrected chi connectivity index (χ4v) is 3.16. The zero-order chi connectivity index (χ0) is 14.7. The molecule has 0 spiro atoms. The third-order valence-corrected chi connectivity index (χ3v) is 4.44. The highest BCUT2D eigenvalue weighted by atomic mass is 35.5. The SMILES string of the molecule is COc1ccccc1C1CC(NCc2cccc(Cl)c2)C1. The van der Waals surface area contributed by atoms with Crippen LogP contribution in [0.1, 0.15) is 29.9 Å². The minimum Gasteiger partial charge on any atom is -0.496 e. The van der Waals surface area contributed by atoms with Crippen molar-refractivity contribution in [1.82, 2.24) is 5.32 Å². The summed E-state index contributed by atoms with van der Waals surface area (Å²) in [6, 6.07) is 16.9. The summed E-state index contributed by atoms with van der Waals surface area (Å²) in [7, 11) is 1.74. The van der Waals surface area contributed by atoms with Gasteiger partial charge in [0.2, 0.25) is 0 Å².